The summed E-state index contributed by atoms with van der Waals surface area (Å²) in [4.78, 5) is 27.8. The number of anilines is 1. The largest absolute Gasteiger partial charge is 0.346 e. The molecule has 2 aromatic rings. The van der Waals surface area contributed by atoms with Crippen molar-refractivity contribution >= 4 is 27.7 Å². The molecule has 0 spiro atoms. The van der Waals surface area contributed by atoms with Crippen LogP contribution in [0.5, 0.6) is 0 Å². The average Bonchev–Trinajstić information content (AvgIpc) is 2.38. The van der Waals surface area contributed by atoms with E-state index in [1.807, 2.05) is 10.3 Å². The van der Waals surface area contributed by atoms with E-state index < -0.39 is 34.9 Å². The molecule has 2 N–H and O–H groups in total. The number of aromatic nitrogens is 2. The zero-order valence-corrected chi connectivity index (χ0v) is 11.1. The number of H-pyrrole nitrogens is 1. The van der Waals surface area contributed by atoms with Crippen molar-refractivity contribution in [1.82, 2.24) is 9.97 Å². The molecule has 0 aliphatic carbocycles. The van der Waals surface area contributed by atoms with Crippen LogP contribution in [0.4, 0.5) is 19.0 Å². The van der Waals surface area contributed by atoms with E-state index in [1.54, 1.807) is 0 Å². The highest BCUT2D eigenvalue weighted by atomic mass is 79.9. The molecule has 1 aromatic carbocycles. The molecular formula is C11H5BrF3N3O2. The molecule has 0 fully saturated rings. The average molecular weight is 348 g/mol. The van der Waals surface area contributed by atoms with Crippen LogP contribution in [0.2, 0.25) is 0 Å². The van der Waals surface area contributed by atoms with Crippen LogP contribution in [0.25, 0.3) is 0 Å². The zero-order chi connectivity index (χ0) is 14.9. The van der Waals surface area contributed by atoms with Gasteiger partial charge in [-0.15, -0.1) is 0 Å². The van der Waals surface area contributed by atoms with Crippen molar-refractivity contribution in [2.24, 2.45) is 0 Å². The minimum absolute atomic E-state index is 0.0225. The maximum Gasteiger partial charge on any atom is 0.346 e. The minimum Gasteiger partial charge on any atom is -0.305 e. The fourth-order valence-electron chi connectivity index (χ4n) is 1.35. The number of carbonyl (C=O) groups is 1. The highest BCUT2D eigenvalue weighted by Crippen LogP contribution is 2.21. The van der Waals surface area contributed by atoms with E-state index in [4.69, 9.17) is 0 Å². The Morgan fingerprint density at radius 1 is 1.20 bits per heavy atom. The second-order valence-corrected chi connectivity index (χ2v) is 4.47. The molecule has 5 nitrogen and oxygen atoms in total. The molecule has 0 aliphatic rings. The standard InChI is InChI=1S/C11H5BrF3N3O2/c12-5-2-7(14)6(13)1-4(5)10(19)17-9-8(15)3-16-11(20)18-9/h1-3H,(H2,16,17,18,19,20). The van der Waals surface area contributed by atoms with Crippen LogP contribution in [0, 0.1) is 17.5 Å². The summed E-state index contributed by atoms with van der Waals surface area (Å²) >= 11 is 2.88. The number of amides is 1. The lowest BCUT2D eigenvalue weighted by Crippen LogP contribution is -2.20. The van der Waals surface area contributed by atoms with Crippen molar-refractivity contribution in [3.63, 3.8) is 0 Å². The molecule has 1 aromatic heterocycles. The number of carbonyl (C=O) groups excluding carboxylic acids is 1. The van der Waals surface area contributed by atoms with E-state index in [0.29, 0.717) is 12.3 Å². The van der Waals surface area contributed by atoms with Gasteiger partial charge in [0.1, 0.15) is 0 Å². The predicted octanol–water partition coefficient (Wildman–Crippen LogP) is 2.20. The van der Waals surface area contributed by atoms with Gasteiger partial charge in [-0.3, -0.25) is 9.78 Å². The van der Waals surface area contributed by atoms with Gasteiger partial charge in [0.2, 0.25) is 0 Å². The quantitative estimate of drug-likeness (QED) is 0.818. The van der Waals surface area contributed by atoms with Crippen molar-refractivity contribution in [1.29, 1.82) is 0 Å². The number of nitrogens with one attached hydrogen (secondary N) is 2. The Bertz CT molecular complexity index is 748. The number of benzene rings is 1. The van der Waals surface area contributed by atoms with Crippen LogP contribution in [0.3, 0.4) is 0 Å². The molecular weight excluding hydrogens is 343 g/mol. The SMILES string of the molecule is O=C(Nc1[nH]c(=O)ncc1F)c1cc(F)c(F)cc1Br. The Morgan fingerprint density at radius 2 is 1.85 bits per heavy atom. The fraction of sp³-hybridized carbons (Fsp3) is 0. The van der Waals surface area contributed by atoms with Crippen LogP contribution in [0.1, 0.15) is 10.4 Å². The first-order chi connectivity index (χ1) is 9.38. The van der Waals surface area contributed by atoms with Crippen LogP contribution >= 0.6 is 15.9 Å². The molecule has 0 unspecified atom stereocenters. The van der Waals surface area contributed by atoms with Crippen molar-refractivity contribution < 1.29 is 18.0 Å². The van der Waals surface area contributed by atoms with Gasteiger partial charge in [-0.05, 0) is 28.1 Å². The lowest BCUT2D eigenvalue weighted by molar-refractivity contribution is 0.102. The Labute approximate surface area is 118 Å². The first kappa shape index (κ1) is 14.3. The molecule has 0 aliphatic heterocycles. The Balaban J connectivity index is 2.35. The lowest BCUT2D eigenvalue weighted by Gasteiger charge is -2.07. The summed E-state index contributed by atoms with van der Waals surface area (Å²) in [6, 6.07) is 1.40. The van der Waals surface area contributed by atoms with E-state index >= 15 is 0 Å². The predicted molar refractivity (Wildman–Crippen MR) is 66.8 cm³/mol. The third-order valence-electron chi connectivity index (χ3n) is 2.26. The number of hydrogen-bond acceptors (Lipinski definition) is 3. The van der Waals surface area contributed by atoms with Crippen molar-refractivity contribution in [2.75, 3.05) is 5.32 Å². The van der Waals surface area contributed by atoms with Crippen LogP contribution in [-0.4, -0.2) is 15.9 Å². The number of hydrogen-bond donors (Lipinski definition) is 2. The molecule has 0 saturated carbocycles. The van der Waals surface area contributed by atoms with Gasteiger partial charge in [-0.25, -0.2) is 18.0 Å². The topological polar surface area (TPSA) is 74.8 Å². The number of rotatable bonds is 2. The third kappa shape index (κ3) is 2.87. The smallest absolute Gasteiger partial charge is 0.305 e. The third-order valence-corrected chi connectivity index (χ3v) is 2.92. The first-order valence-corrected chi connectivity index (χ1v) is 5.88. The second kappa shape index (κ2) is 5.45. The lowest BCUT2D eigenvalue weighted by atomic mass is 10.2. The molecule has 1 amide bonds. The highest BCUT2D eigenvalue weighted by Gasteiger charge is 2.16. The zero-order valence-electron chi connectivity index (χ0n) is 9.51. The van der Waals surface area contributed by atoms with Gasteiger partial charge in [0.15, 0.2) is 23.3 Å². The second-order valence-electron chi connectivity index (χ2n) is 3.61. The van der Waals surface area contributed by atoms with E-state index in [2.05, 4.69) is 20.9 Å². The fourth-order valence-corrected chi connectivity index (χ4v) is 1.84. The van der Waals surface area contributed by atoms with Gasteiger partial charge < -0.3 is 5.32 Å². The molecule has 0 radical (unpaired) electrons. The Kier molecular flexibility index (Phi) is 3.89. The normalized spacial score (nSPS) is 10.4. The highest BCUT2D eigenvalue weighted by molar-refractivity contribution is 9.10. The van der Waals surface area contributed by atoms with Gasteiger partial charge >= 0.3 is 5.69 Å². The summed E-state index contributed by atoms with van der Waals surface area (Å²) in [6.07, 6.45) is 0.620. The summed E-state index contributed by atoms with van der Waals surface area (Å²) in [5.74, 6) is -4.81. The summed E-state index contributed by atoms with van der Waals surface area (Å²) in [5, 5.41) is 2.03. The van der Waals surface area contributed by atoms with Gasteiger partial charge in [-0.2, -0.15) is 4.98 Å². The number of nitrogens with zero attached hydrogens (tertiary/aromatic N) is 1. The number of halogens is 4. The summed E-state index contributed by atoms with van der Waals surface area (Å²) in [7, 11) is 0. The molecule has 1 heterocycles. The Hall–Kier alpha value is -2.16. The summed E-state index contributed by atoms with van der Waals surface area (Å²) in [6.45, 7) is 0. The maximum atomic E-state index is 13.3. The van der Waals surface area contributed by atoms with E-state index in [1.165, 1.54) is 0 Å². The van der Waals surface area contributed by atoms with Crippen LogP contribution in [0.15, 0.2) is 27.6 Å². The van der Waals surface area contributed by atoms with Crippen LogP contribution < -0.4 is 11.0 Å². The summed E-state index contributed by atoms with van der Waals surface area (Å²) in [5.41, 5.74) is -1.13. The van der Waals surface area contributed by atoms with Gasteiger partial charge in [-0.1, -0.05) is 0 Å². The monoisotopic (exact) mass is 347 g/mol. The molecule has 0 atom stereocenters. The molecule has 104 valence electrons. The van der Waals surface area contributed by atoms with Gasteiger partial charge in [0.05, 0.1) is 11.8 Å². The van der Waals surface area contributed by atoms with Gasteiger partial charge in [0, 0.05) is 4.47 Å². The van der Waals surface area contributed by atoms with Crippen molar-refractivity contribution in [2.45, 2.75) is 0 Å². The van der Waals surface area contributed by atoms with E-state index in [-0.39, 0.29) is 10.0 Å². The molecule has 0 saturated heterocycles. The molecule has 2 rings (SSSR count). The molecule has 0 bridgehead atoms. The van der Waals surface area contributed by atoms with Gasteiger partial charge in [0.25, 0.3) is 5.91 Å². The van der Waals surface area contributed by atoms with Crippen LogP contribution in [-0.2, 0) is 0 Å². The first-order valence-electron chi connectivity index (χ1n) is 5.09. The number of aromatic amines is 1. The molecule has 20 heavy (non-hydrogen) atoms. The van der Waals surface area contributed by atoms with Crippen molar-refractivity contribution in [3.8, 4) is 0 Å². The van der Waals surface area contributed by atoms with Crippen molar-refractivity contribution in [3.05, 3.63) is 56.3 Å². The molecule has 9 heteroatoms. The van der Waals surface area contributed by atoms with E-state index in [9.17, 15) is 22.8 Å². The van der Waals surface area contributed by atoms with E-state index in [0.717, 1.165) is 6.07 Å². The Morgan fingerprint density at radius 3 is 2.55 bits per heavy atom. The maximum absolute atomic E-state index is 13.3. The summed E-state index contributed by atoms with van der Waals surface area (Å²) < 4.78 is 39.3. The minimum atomic E-state index is -1.23.